The zero-order chi connectivity index (χ0) is 19.6. The molecule has 0 bridgehead atoms. The zero-order valence-electron chi connectivity index (χ0n) is 14.8. The van der Waals surface area contributed by atoms with Crippen LogP contribution in [-0.4, -0.2) is 36.4 Å². The lowest BCUT2D eigenvalue weighted by Gasteiger charge is -2.14. The number of amides is 2. The number of thioether (sulfide) groups is 1. The Balaban J connectivity index is 1.75. The van der Waals surface area contributed by atoms with Crippen LogP contribution < -0.4 is 10.6 Å². The molecule has 1 atom stereocenters. The normalized spacial score (nSPS) is 15.4. The van der Waals surface area contributed by atoms with Gasteiger partial charge in [0.1, 0.15) is 5.76 Å². The number of carbonyl (C=O) groups excluding carboxylic acids is 2. The van der Waals surface area contributed by atoms with Crippen molar-refractivity contribution in [1.29, 1.82) is 0 Å². The van der Waals surface area contributed by atoms with E-state index >= 15 is 0 Å². The summed E-state index contributed by atoms with van der Waals surface area (Å²) in [5, 5.41) is 7.94. The number of rotatable bonds is 5. The molecule has 1 aromatic heterocycles. The Labute approximate surface area is 161 Å². The van der Waals surface area contributed by atoms with Crippen LogP contribution in [0.5, 0.6) is 0 Å². The lowest BCUT2D eigenvalue weighted by Crippen LogP contribution is -2.25. The number of hydrogen-bond donors (Lipinski definition) is 2. The Morgan fingerprint density at radius 1 is 1.41 bits per heavy atom. The maximum absolute atomic E-state index is 12.8. The lowest BCUT2D eigenvalue weighted by atomic mass is 10.3. The quantitative estimate of drug-likeness (QED) is 0.779. The van der Waals surface area contributed by atoms with Crippen LogP contribution in [0.3, 0.4) is 0 Å². The fourth-order valence-electron chi connectivity index (χ4n) is 2.60. The van der Waals surface area contributed by atoms with Crippen LogP contribution in [-0.2, 0) is 19.4 Å². The number of fused-ring (bicyclic) bond motifs is 1. The Bertz CT molecular complexity index is 984. The average molecular weight is 409 g/mol. The third-order valence-electron chi connectivity index (χ3n) is 4.04. The van der Waals surface area contributed by atoms with Crippen LogP contribution >= 0.6 is 11.8 Å². The van der Waals surface area contributed by atoms with Gasteiger partial charge in [0.15, 0.2) is 15.7 Å². The number of carbonyl (C=O) groups is 2. The number of benzene rings is 1. The maximum atomic E-state index is 12.8. The highest BCUT2D eigenvalue weighted by Crippen LogP contribution is 2.33. The minimum atomic E-state index is -3.75. The molecular weight excluding hydrogens is 390 g/mol. The Kier molecular flexibility index (Phi) is 5.56. The molecule has 10 heteroatoms. The number of aromatic nitrogens is 1. The van der Waals surface area contributed by atoms with Gasteiger partial charge in [0.2, 0.25) is 11.8 Å². The van der Waals surface area contributed by atoms with E-state index in [1.807, 2.05) is 0 Å². The van der Waals surface area contributed by atoms with Crippen LogP contribution in [0.15, 0.2) is 38.6 Å². The summed E-state index contributed by atoms with van der Waals surface area (Å²) in [7, 11) is -3.75. The van der Waals surface area contributed by atoms with Crippen LogP contribution in [0.1, 0.15) is 25.5 Å². The van der Waals surface area contributed by atoms with E-state index in [1.54, 1.807) is 19.1 Å². The molecule has 3 rings (SSSR count). The molecule has 0 saturated heterocycles. The standard InChI is InChI=1S/C17H19N3O5S2/c1-10-7-15(20-25-10)19-17(22)8-11(2)27(23,24)12-3-4-14-13(9-12)18-16(21)5-6-26-14/h3-4,7,9,11H,5-6,8H2,1-2H3,(H,18,21)(H,19,20,22)/t11-/m1/s1. The average Bonchev–Trinajstić information content (AvgIpc) is 2.90. The van der Waals surface area contributed by atoms with Gasteiger partial charge in [-0.05, 0) is 32.0 Å². The van der Waals surface area contributed by atoms with Crippen LogP contribution in [0, 0.1) is 6.92 Å². The molecule has 0 unspecified atom stereocenters. The highest BCUT2D eigenvalue weighted by Gasteiger charge is 2.27. The van der Waals surface area contributed by atoms with E-state index in [-0.39, 0.29) is 23.0 Å². The molecule has 2 heterocycles. The van der Waals surface area contributed by atoms with Gasteiger partial charge in [-0.15, -0.1) is 11.8 Å². The van der Waals surface area contributed by atoms with E-state index in [2.05, 4.69) is 15.8 Å². The molecule has 144 valence electrons. The van der Waals surface area contributed by atoms with Crippen LogP contribution in [0.25, 0.3) is 0 Å². The van der Waals surface area contributed by atoms with Crippen LogP contribution in [0.2, 0.25) is 0 Å². The molecule has 2 aromatic rings. The zero-order valence-corrected chi connectivity index (χ0v) is 16.4. The van der Waals surface area contributed by atoms with Crippen molar-refractivity contribution in [2.45, 2.75) is 41.7 Å². The van der Waals surface area contributed by atoms with Crippen LogP contribution in [0.4, 0.5) is 11.5 Å². The minimum Gasteiger partial charge on any atom is -0.360 e. The summed E-state index contributed by atoms with van der Waals surface area (Å²) in [5.41, 5.74) is 0.485. The van der Waals surface area contributed by atoms with Crippen molar-refractivity contribution < 1.29 is 22.5 Å². The minimum absolute atomic E-state index is 0.0710. The van der Waals surface area contributed by atoms with E-state index < -0.39 is 21.0 Å². The molecule has 1 aromatic carbocycles. The summed E-state index contributed by atoms with van der Waals surface area (Å²) in [5.74, 6) is 0.801. The number of aryl methyl sites for hydroxylation is 1. The Morgan fingerprint density at radius 3 is 2.89 bits per heavy atom. The highest BCUT2D eigenvalue weighted by atomic mass is 32.2. The third-order valence-corrected chi connectivity index (χ3v) is 7.25. The molecule has 1 aliphatic rings. The molecule has 0 saturated carbocycles. The number of nitrogens with zero attached hydrogens (tertiary/aromatic N) is 1. The first kappa shape index (κ1) is 19.4. The summed E-state index contributed by atoms with van der Waals surface area (Å²) in [6.07, 6.45) is 0.145. The van der Waals surface area contributed by atoms with Gasteiger partial charge in [-0.1, -0.05) is 5.16 Å². The first-order chi connectivity index (χ1) is 12.8. The van der Waals surface area contributed by atoms with Gasteiger partial charge in [-0.2, -0.15) is 0 Å². The van der Waals surface area contributed by atoms with E-state index in [4.69, 9.17) is 4.52 Å². The summed E-state index contributed by atoms with van der Waals surface area (Å²) >= 11 is 1.50. The van der Waals surface area contributed by atoms with E-state index in [1.165, 1.54) is 30.8 Å². The number of anilines is 2. The highest BCUT2D eigenvalue weighted by molar-refractivity contribution is 7.99. The van der Waals surface area contributed by atoms with Gasteiger partial charge in [0, 0.05) is 29.6 Å². The summed E-state index contributed by atoms with van der Waals surface area (Å²) in [4.78, 5) is 24.7. The fourth-order valence-corrected chi connectivity index (χ4v) is 4.91. The third kappa shape index (κ3) is 4.51. The Hall–Kier alpha value is -2.33. The molecular formula is C17H19N3O5S2. The second kappa shape index (κ2) is 7.73. The molecule has 2 N–H and O–H groups in total. The summed E-state index contributed by atoms with van der Waals surface area (Å²) in [6.45, 7) is 3.16. The summed E-state index contributed by atoms with van der Waals surface area (Å²) in [6, 6.07) is 6.19. The van der Waals surface area contributed by atoms with Crippen molar-refractivity contribution >= 4 is 44.9 Å². The smallest absolute Gasteiger partial charge is 0.226 e. The maximum Gasteiger partial charge on any atom is 0.226 e. The molecule has 27 heavy (non-hydrogen) atoms. The fraction of sp³-hybridized carbons (Fsp3) is 0.353. The lowest BCUT2D eigenvalue weighted by molar-refractivity contribution is -0.116. The number of sulfone groups is 1. The van der Waals surface area contributed by atoms with E-state index in [9.17, 15) is 18.0 Å². The molecule has 2 amide bonds. The molecule has 8 nitrogen and oxygen atoms in total. The largest absolute Gasteiger partial charge is 0.360 e. The molecule has 0 spiro atoms. The van der Waals surface area contributed by atoms with Gasteiger partial charge in [0.25, 0.3) is 0 Å². The van der Waals surface area contributed by atoms with Gasteiger partial charge in [-0.25, -0.2) is 8.42 Å². The van der Waals surface area contributed by atoms with E-state index in [0.717, 1.165) is 4.90 Å². The van der Waals surface area contributed by atoms with Crippen molar-refractivity contribution in [1.82, 2.24) is 5.16 Å². The molecule has 1 aliphatic heterocycles. The number of nitrogens with one attached hydrogen (secondary N) is 2. The van der Waals surface area contributed by atoms with Gasteiger partial charge in [-0.3, -0.25) is 9.59 Å². The summed E-state index contributed by atoms with van der Waals surface area (Å²) < 4.78 is 30.5. The number of hydrogen-bond acceptors (Lipinski definition) is 7. The monoisotopic (exact) mass is 409 g/mol. The predicted molar refractivity (Wildman–Crippen MR) is 102 cm³/mol. The van der Waals surface area contributed by atoms with Gasteiger partial charge < -0.3 is 15.2 Å². The van der Waals surface area contributed by atoms with Crippen molar-refractivity contribution in [2.24, 2.45) is 0 Å². The first-order valence-electron chi connectivity index (χ1n) is 8.29. The van der Waals surface area contributed by atoms with Gasteiger partial charge in [0.05, 0.1) is 15.8 Å². The topological polar surface area (TPSA) is 118 Å². The van der Waals surface area contributed by atoms with Crippen molar-refractivity contribution in [3.63, 3.8) is 0 Å². The molecule has 0 radical (unpaired) electrons. The molecule has 0 fully saturated rings. The second-order valence-electron chi connectivity index (χ2n) is 6.24. The SMILES string of the molecule is Cc1cc(NC(=O)C[C@@H](C)S(=O)(=O)c2ccc3c(c2)NC(=O)CCS3)no1. The van der Waals surface area contributed by atoms with E-state index in [0.29, 0.717) is 23.6 Å². The van der Waals surface area contributed by atoms with Gasteiger partial charge >= 0.3 is 0 Å². The predicted octanol–water partition coefficient (Wildman–Crippen LogP) is 2.61. The van der Waals surface area contributed by atoms with Crippen molar-refractivity contribution in [2.75, 3.05) is 16.4 Å². The van der Waals surface area contributed by atoms with Crippen molar-refractivity contribution in [3.05, 3.63) is 30.0 Å². The van der Waals surface area contributed by atoms with Crippen molar-refractivity contribution in [3.8, 4) is 0 Å². The second-order valence-corrected chi connectivity index (χ2v) is 9.74. The first-order valence-corrected chi connectivity index (χ1v) is 10.8. The molecule has 0 aliphatic carbocycles. The Morgan fingerprint density at radius 2 is 2.19 bits per heavy atom.